The maximum absolute atomic E-state index is 13.7. The van der Waals surface area contributed by atoms with Crippen molar-refractivity contribution in [1.29, 1.82) is 0 Å². The van der Waals surface area contributed by atoms with Crippen molar-refractivity contribution in [1.82, 2.24) is 0 Å². The van der Waals surface area contributed by atoms with Gasteiger partial charge in [-0.2, -0.15) is 0 Å². The molecule has 0 aliphatic heterocycles. The summed E-state index contributed by atoms with van der Waals surface area (Å²) in [5, 5.41) is 11.2. The maximum Gasteiger partial charge on any atom is 0.123 e. The molecule has 1 aromatic carbocycles. The molecule has 1 aliphatic carbocycles. The highest BCUT2D eigenvalue weighted by Crippen LogP contribution is 2.52. The van der Waals surface area contributed by atoms with E-state index in [-0.39, 0.29) is 11.8 Å². The van der Waals surface area contributed by atoms with E-state index in [1.54, 1.807) is 13.0 Å². The predicted octanol–water partition coefficient (Wildman–Crippen LogP) is 1.51. The third-order valence-electron chi connectivity index (χ3n) is 5.27. The first-order valence-electron chi connectivity index (χ1n) is 7.39. The zero-order chi connectivity index (χ0) is 16.2. The van der Waals surface area contributed by atoms with E-state index in [1.807, 2.05) is 20.8 Å². The highest BCUT2D eigenvalue weighted by molar-refractivity contribution is 5.46. The van der Waals surface area contributed by atoms with E-state index in [4.69, 9.17) is 17.2 Å². The maximum atomic E-state index is 13.7. The highest BCUT2D eigenvalue weighted by Gasteiger charge is 2.63. The Bertz CT molecular complexity index is 556. The van der Waals surface area contributed by atoms with Crippen molar-refractivity contribution in [3.63, 3.8) is 0 Å². The van der Waals surface area contributed by atoms with Crippen LogP contribution in [0.3, 0.4) is 0 Å². The fourth-order valence-electron chi connectivity index (χ4n) is 4.06. The standard InChI is InChI=1S/C16H26FN3O/c1-5-15(18)14(4,21)13(9(2)3)11-7-6-10(17)8-12(11)16(15,19)20/h6-9,13,21H,5,18-20H2,1-4H3. The third kappa shape index (κ3) is 1.95. The van der Waals surface area contributed by atoms with Gasteiger partial charge in [-0.25, -0.2) is 4.39 Å². The Labute approximate surface area is 125 Å². The van der Waals surface area contributed by atoms with Crippen molar-refractivity contribution in [3.8, 4) is 0 Å². The van der Waals surface area contributed by atoms with Gasteiger partial charge in [-0.15, -0.1) is 0 Å². The molecule has 7 N–H and O–H groups in total. The molecule has 0 fully saturated rings. The molecular weight excluding hydrogens is 269 g/mol. The number of aliphatic hydroxyl groups is 1. The first kappa shape index (κ1) is 16.4. The number of benzene rings is 1. The van der Waals surface area contributed by atoms with Crippen LogP contribution in [0.5, 0.6) is 0 Å². The number of nitrogens with two attached hydrogens (primary N) is 3. The first-order valence-corrected chi connectivity index (χ1v) is 7.39. The van der Waals surface area contributed by atoms with E-state index in [9.17, 15) is 9.50 Å². The van der Waals surface area contributed by atoms with E-state index in [0.717, 1.165) is 5.56 Å². The minimum Gasteiger partial charge on any atom is -0.387 e. The molecule has 0 radical (unpaired) electrons. The Morgan fingerprint density at radius 1 is 1.29 bits per heavy atom. The second-order valence-electron chi connectivity index (χ2n) is 6.79. The van der Waals surface area contributed by atoms with Gasteiger partial charge in [0.2, 0.25) is 0 Å². The minimum atomic E-state index is -1.51. The van der Waals surface area contributed by atoms with Gasteiger partial charge in [0.1, 0.15) is 11.5 Å². The Balaban J connectivity index is 2.84. The zero-order valence-electron chi connectivity index (χ0n) is 13.2. The molecule has 0 heterocycles. The van der Waals surface area contributed by atoms with Crippen LogP contribution < -0.4 is 17.2 Å². The second kappa shape index (κ2) is 4.74. The molecule has 0 saturated carbocycles. The van der Waals surface area contributed by atoms with Gasteiger partial charge >= 0.3 is 0 Å². The van der Waals surface area contributed by atoms with E-state index < -0.39 is 22.6 Å². The molecule has 0 spiro atoms. The largest absolute Gasteiger partial charge is 0.387 e. The molecule has 1 aliphatic rings. The van der Waals surface area contributed by atoms with E-state index in [2.05, 4.69) is 0 Å². The number of rotatable bonds is 2. The lowest BCUT2D eigenvalue weighted by atomic mass is 9.54. The van der Waals surface area contributed by atoms with Gasteiger partial charge in [-0.05, 0) is 42.5 Å². The van der Waals surface area contributed by atoms with Gasteiger partial charge in [-0.3, -0.25) is 0 Å². The summed E-state index contributed by atoms with van der Waals surface area (Å²) < 4.78 is 13.7. The Morgan fingerprint density at radius 3 is 2.33 bits per heavy atom. The first-order chi connectivity index (χ1) is 9.50. The van der Waals surface area contributed by atoms with Crippen LogP contribution in [-0.4, -0.2) is 16.2 Å². The summed E-state index contributed by atoms with van der Waals surface area (Å²) in [6, 6.07) is 4.38. The van der Waals surface area contributed by atoms with Crippen molar-refractivity contribution in [2.24, 2.45) is 23.1 Å². The molecule has 21 heavy (non-hydrogen) atoms. The summed E-state index contributed by atoms with van der Waals surface area (Å²) in [5.74, 6) is -0.565. The van der Waals surface area contributed by atoms with Crippen LogP contribution in [0.2, 0.25) is 0 Å². The van der Waals surface area contributed by atoms with Crippen molar-refractivity contribution in [2.75, 3.05) is 0 Å². The molecule has 0 aromatic heterocycles. The molecule has 5 heteroatoms. The van der Waals surface area contributed by atoms with Crippen LogP contribution in [0.25, 0.3) is 0 Å². The summed E-state index contributed by atoms with van der Waals surface area (Å²) in [6.45, 7) is 7.53. The van der Waals surface area contributed by atoms with Gasteiger partial charge in [0.05, 0.1) is 11.1 Å². The molecule has 3 unspecified atom stereocenters. The number of halogens is 1. The van der Waals surface area contributed by atoms with E-state index in [1.165, 1.54) is 12.1 Å². The van der Waals surface area contributed by atoms with Crippen molar-refractivity contribution in [3.05, 3.63) is 35.1 Å². The van der Waals surface area contributed by atoms with Crippen LogP contribution in [0.4, 0.5) is 4.39 Å². The van der Waals surface area contributed by atoms with Crippen molar-refractivity contribution < 1.29 is 9.50 Å². The number of hydrogen-bond donors (Lipinski definition) is 4. The second-order valence-corrected chi connectivity index (χ2v) is 6.79. The predicted molar refractivity (Wildman–Crippen MR) is 81.9 cm³/mol. The zero-order valence-corrected chi connectivity index (χ0v) is 13.2. The summed E-state index contributed by atoms with van der Waals surface area (Å²) in [5.41, 5.74) is 16.3. The molecule has 4 nitrogen and oxygen atoms in total. The average Bonchev–Trinajstić information content (AvgIpc) is 2.37. The van der Waals surface area contributed by atoms with Crippen LogP contribution in [0.15, 0.2) is 18.2 Å². The molecule has 118 valence electrons. The van der Waals surface area contributed by atoms with Gasteiger partial charge in [0.25, 0.3) is 0 Å². The fraction of sp³-hybridized carbons (Fsp3) is 0.625. The molecule has 0 amide bonds. The van der Waals surface area contributed by atoms with Crippen LogP contribution in [0.1, 0.15) is 51.2 Å². The summed E-state index contributed by atoms with van der Waals surface area (Å²) in [4.78, 5) is 0. The van der Waals surface area contributed by atoms with Gasteiger partial charge in [0, 0.05) is 5.92 Å². The Kier molecular flexibility index (Phi) is 3.70. The lowest BCUT2D eigenvalue weighted by Crippen LogP contribution is -2.80. The van der Waals surface area contributed by atoms with Crippen LogP contribution in [0, 0.1) is 11.7 Å². The fourth-order valence-corrected chi connectivity index (χ4v) is 4.06. The van der Waals surface area contributed by atoms with Crippen molar-refractivity contribution in [2.45, 2.75) is 56.8 Å². The SMILES string of the molecule is CCC1(N)C(N)(N)c2cc(F)ccc2C(C(C)C)C1(C)O. The van der Waals surface area contributed by atoms with Crippen LogP contribution in [-0.2, 0) is 5.66 Å². The molecular formula is C16H26FN3O. The van der Waals surface area contributed by atoms with Gasteiger partial charge in [0.15, 0.2) is 0 Å². The molecule has 1 aromatic rings. The Hall–Kier alpha value is -1.01. The van der Waals surface area contributed by atoms with E-state index >= 15 is 0 Å². The Morgan fingerprint density at radius 2 is 1.86 bits per heavy atom. The monoisotopic (exact) mass is 295 g/mol. The normalized spacial score (nSPS) is 34.9. The summed E-state index contributed by atoms with van der Waals surface area (Å²) in [6.07, 6.45) is 0.381. The smallest absolute Gasteiger partial charge is 0.123 e. The quantitative estimate of drug-likeness (QED) is 0.622. The molecule has 0 bridgehead atoms. The minimum absolute atomic E-state index is 0.106. The molecule has 3 atom stereocenters. The number of fused-ring (bicyclic) bond motifs is 1. The molecule has 0 saturated heterocycles. The summed E-state index contributed by atoms with van der Waals surface area (Å²) >= 11 is 0. The topological polar surface area (TPSA) is 98.3 Å². The van der Waals surface area contributed by atoms with Crippen molar-refractivity contribution >= 4 is 0 Å². The van der Waals surface area contributed by atoms with E-state index in [0.29, 0.717) is 12.0 Å². The summed E-state index contributed by atoms with van der Waals surface area (Å²) in [7, 11) is 0. The highest BCUT2D eigenvalue weighted by atomic mass is 19.1. The van der Waals surface area contributed by atoms with Crippen LogP contribution >= 0.6 is 0 Å². The van der Waals surface area contributed by atoms with Gasteiger partial charge < -0.3 is 22.3 Å². The van der Waals surface area contributed by atoms with Gasteiger partial charge in [-0.1, -0.05) is 26.8 Å². The lowest BCUT2D eigenvalue weighted by molar-refractivity contribution is -0.0999. The third-order valence-corrected chi connectivity index (χ3v) is 5.27. The molecule has 2 rings (SSSR count). The number of hydrogen-bond acceptors (Lipinski definition) is 4. The lowest BCUT2D eigenvalue weighted by Gasteiger charge is -2.59. The average molecular weight is 295 g/mol.